The average Bonchev–Trinajstić information content (AvgIpc) is 1.82. The summed E-state index contributed by atoms with van der Waals surface area (Å²) >= 11 is 2.04. The smallest absolute Gasteiger partial charge is 0.158 e. The first-order valence-corrected chi connectivity index (χ1v) is 5.05. The molecule has 0 atom stereocenters. The van der Waals surface area contributed by atoms with E-state index in [1.807, 2.05) is 22.6 Å². The second-order valence-corrected chi connectivity index (χ2v) is 5.20. The molecule has 0 aromatic rings. The summed E-state index contributed by atoms with van der Waals surface area (Å²) in [5.41, 5.74) is 0. The van der Waals surface area contributed by atoms with Gasteiger partial charge in [-0.3, -0.25) is 0 Å². The predicted molar refractivity (Wildman–Crippen MR) is 40.8 cm³/mol. The van der Waals surface area contributed by atoms with Gasteiger partial charge in [0.2, 0.25) is 0 Å². The Kier molecular flexibility index (Phi) is 1.62. The van der Waals surface area contributed by atoms with Gasteiger partial charge in [-0.15, -0.1) is 0 Å². The zero-order valence-electron chi connectivity index (χ0n) is 4.09. The fraction of sp³-hybridized carbons (Fsp3) is 0.500. The average molecular weight is 244 g/mol. The minimum Gasteiger partial charge on any atom is -0.228 e. The minimum atomic E-state index is -2.70. The van der Waals surface area contributed by atoms with Gasteiger partial charge < -0.3 is 0 Å². The summed E-state index contributed by atoms with van der Waals surface area (Å²) in [6.45, 7) is 0. The summed E-state index contributed by atoms with van der Waals surface area (Å²) in [7, 11) is -2.70. The van der Waals surface area contributed by atoms with Crippen LogP contribution in [0.15, 0.2) is 9.66 Å². The number of halogens is 1. The molecule has 2 nitrogen and oxygen atoms in total. The van der Waals surface area contributed by atoms with Gasteiger partial charge in [0, 0.05) is 3.58 Å². The lowest BCUT2D eigenvalue weighted by Gasteiger charge is -1.85. The highest BCUT2D eigenvalue weighted by Gasteiger charge is 2.16. The van der Waals surface area contributed by atoms with E-state index in [-0.39, 0.29) is 11.5 Å². The SMILES string of the molecule is O=S1(=O)CC=C(I)C1. The Morgan fingerprint density at radius 1 is 1.62 bits per heavy atom. The van der Waals surface area contributed by atoms with E-state index in [0.29, 0.717) is 0 Å². The molecule has 1 aliphatic rings. The Hall–Kier alpha value is 0.420. The van der Waals surface area contributed by atoms with Crippen molar-refractivity contribution < 1.29 is 8.42 Å². The topological polar surface area (TPSA) is 34.1 Å². The molecule has 0 bridgehead atoms. The highest BCUT2D eigenvalue weighted by atomic mass is 127. The predicted octanol–water partition coefficient (Wildman–Crippen LogP) is 0.734. The second kappa shape index (κ2) is 1.98. The molecule has 0 saturated heterocycles. The highest BCUT2D eigenvalue weighted by Crippen LogP contribution is 2.16. The molecule has 1 heterocycles. The first kappa shape index (κ1) is 6.54. The third-order valence-electron chi connectivity index (χ3n) is 0.917. The Morgan fingerprint density at radius 2 is 2.25 bits per heavy atom. The maximum atomic E-state index is 10.6. The van der Waals surface area contributed by atoms with E-state index in [2.05, 4.69) is 0 Å². The zero-order valence-corrected chi connectivity index (χ0v) is 7.07. The largest absolute Gasteiger partial charge is 0.228 e. The Bertz CT molecular complexity index is 214. The zero-order chi connectivity index (χ0) is 6.20. The summed E-state index contributed by atoms with van der Waals surface area (Å²) < 4.78 is 22.1. The third-order valence-corrected chi connectivity index (χ3v) is 3.68. The van der Waals surface area contributed by atoms with Crippen LogP contribution in [0.4, 0.5) is 0 Å². The van der Waals surface area contributed by atoms with Crippen molar-refractivity contribution in [2.24, 2.45) is 0 Å². The van der Waals surface area contributed by atoms with Crippen molar-refractivity contribution in [1.82, 2.24) is 0 Å². The summed E-state index contributed by atoms with van der Waals surface area (Å²) in [6, 6.07) is 0. The van der Waals surface area contributed by atoms with Crippen molar-refractivity contribution in [2.45, 2.75) is 0 Å². The second-order valence-electron chi connectivity index (χ2n) is 1.71. The van der Waals surface area contributed by atoms with Gasteiger partial charge >= 0.3 is 0 Å². The fourth-order valence-electron chi connectivity index (χ4n) is 0.545. The molecule has 0 aromatic carbocycles. The number of hydrogen-bond acceptors (Lipinski definition) is 2. The molecule has 4 heteroatoms. The van der Waals surface area contributed by atoms with Gasteiger partial charge in [0.05, 0.1) is 11.5 Å². The third kappa shape index (κ3) is 1.45. The van der Waals surface area contributed by atoms with E-state index in [4.69, 9.17) is 0 Å². The van der Waals surface area contributed by atoms with Crippen LogP contribution in [0.25, 0.3) is 0 Å². The van der Waals surface area contributed by atoms with Crippen LogP contribution in [0.2, 0.25) is 0 Å². The van der Waals surface area contributed by atoms with E-state index >= 15 is 0 Å². The van der Waals surface area contributed by atoms with E-state index in [0.717, 1.165) is 3.58 Å². The molecule has 0 radical (unpaired) electrons. The van der Waals surface area contributed by atoms with Crippen LogP contribution < -0.4 is 0 Å². The lowest BCUT2D eigenvalue weighted by atomic mass is 10.6. The van der Waals surface area contributed by atoms with Crippen LogP contribution in [0.5, 0.6) is 0 Å². The Morgan fingerprint density at radius 3 is 2.38 bits per heavy atom. The van der Waals surface area contributed by atoms with Crippen LogP contribution in [-0.4, -0.2) is 19.9 Å². The molecule has 0 spiro atoms. The van der Waals surface area contributed by atoms with Crippen LogP contribution in [-0.2, 0) is 9.84 Å². The van der Waals surface area contributed by atoms with Crippen molar-refractivity contribution in [3.63, 3.8) is 0 Å². The molecule has 8 heavy (non-hydrogen) atoms. The first-order valence-electron chi connectivity index (χ1n) is 2.15. The number of sulfone groups is 1. The van der Waals surface area contributed by atoms with Crippen LogP contribution >= 0.6 is 22.6 Å². The van der Waals surface area contributed by atoms with Crippen molar-refractivity contribution in [2.75, 3.05) is 11.5 Å². The van der Waals surface area contributed by atoms with Gasteiger partial charge in [-0.05, 0) is 22.6 Å². The van der Waals surface area contributed by atoms with E-state index in [1.165, 1.54) is 0 Å². The molecule has 1 aliphatic heterocycles. The van der Waals surface area contributed by atoms with E-state index in [9.17, 15) is 8.42 Å². The normalized spacial score (nSPS) is 25.4. The lowest BCUT2D eigenvalue weighted by Crippen LogP contribution is -2.00. The molecule has 0 fully saturated rings. The van der Waals surface area contributed by atoms with Crippen molar-refractivity contribution in [3.05, 3.63) is 9.66 Å². The van der Waals surface area contributed by atoms with E-state index < -0.39 is 9.84 Å². The van der Waals surface area contributed by atoms with Crippen LogP contribution in [0.1, 0.15) is 0 Å². The Labute approximate surface area is 62.0 Å². The van der Waals surface area contributed by atoms with Crippen molar-refractivity contribution in [3.8, 4) is 0 Å². The fourth-order valence-corrected chi connectivity index (χ4v) is 3.60. The molecule has 0 aromatic heterocycles. The molecule has 0 N–H and O–H groups in total. The van der Waals surface area contributed by atoms with Gasteiger partial charge in [0.15, 0.2) is 9.84 Å². The molecule has 46 valence electrons. The maximum absolute atomic E-state index is 10.6. The highest BCUT2D eigenvalue weighted by molar-refractivity contribution is 14.1. The van der Waals surface area contributed by atoms with E-state index in [1.54, 1.807) is 6.08 Å². The van der Waals surface area contributed by atoms with Crippen LogP contribution in [0, 0.1) is 0 Å². The van der Waals surface area contributed by atoms with Gasteiger partial charge in [0.25, 0.3) is 0 Å². The van der Waals surface area contributed by atoms with Crippen molar-refractivity contribution >= 4 is 32.4 Å². The maximum Gasteiger partial charge on any atom is 0.158 e. The van der Waals surface area contributed by atoms with Crippen LogP contribution in [0.3, 0.4) is 0 Å². The number of hydrogen-bond donors (Lipinski definition) is 0. The first-order chi connectivity index (χ1) is 3.60. The number of rotatable bonds is 0. The Balaban J connectivity index is 2.85. The van der Waals surface area contributed by atoms with Gasteiger partial charge in [-0.2, -0.15) is 0 Å². The molecular formula is C4H5IO2S. The van der Waals surface area contributed by atoms with Gasteiger partial charge in [-0.1, -0.05) is 6.08 Å². The molecule has 0 unspecified atom stereocenters. The molecule has 0 aliphatic carbocycles. The molecule has 0 saturated carbocycles. The summed E-state index contributed by atoms with van der Waals surface area (Å²) in [4.78, 5) is 0. The lowest BCUT2D eigenvalue weighted by molar-refractivity contribution is 0.603. The van der Waals surface area contributed by atoms with Crippen molar-refractivity contribution in [1.29, 1.82) is 0 Å². The molecule has 1 rings (SSSR count). The van der Waals surface area contributed by atoms with Gasteiger partial charge in [0.1, 0.15) is 0 Å². The summed E-state index contributed by atoms with van der Waals surface area (Å²) in [6.07, 6.45) is 1.75. The summed E-state index contributed by atoms with van der Waals surface area (Å²) in [5.74, 6) is 0.499. The minimum absolute atomic E-state index is 0.241. The standard InChI is InChI=1S/C4H5IO2S/c5-4-1-2-8(6,7)3-4/h1H,2-3H2. The monoisotopic (exact) mass is 244 g/mol. The van der Waals surface area contributed by atoms with Gasteiger partial charge in [-0.25, -0.2) is 8.42 Å². The molecular weight excluding hydrogens is 239 g/mol. The molecule has 0 amide bonds. The summed E-state index contributed by atoms with van der Waals surface area (Å²) in [5, 5.41) is 0. The quantitative estimate of drug-likeness (QED) is 0.589.